The number of hydrogen-bond donors (Lipinski definition) is 1. The summed E-state index contributed by atoms with van der Waals surface area (Å²) < 4.78 is 14.6. The van der Waals surface area contributed by atoms with Crippen molar-refractivity contribution in [1.82, 2.24) is 0 Å². The maximum absolute atomic E-state index is 12.3. The van der Waals surface area contributed by atoms with Gasteiger partial charge in [-0.3, -0.25) is 14.9 Å². The molecule has 2 heterocycles. The molecule has 1 N–H and O–H groups in total. The van der Waals surface area contributed by atoms with Gasteiger partial charge in [0, 0.05) is 4.88 Å². The molecule has 0 aliphatic rings. The molecule has 1 aromatic carbocycles. The van der Waals surface area contributed by atoms with Crippen molar-refractivity contribution < 1.29 is 33.2 Å². The number of esters is 2. The van der Waals surface area contributed by atoms with Gasteiger partial charge in [-0.2, -0.15) is 0 Å². The fraction of sp³-hybridized carbons (Fsp3) is 0.150. The molecule has 0 aliphatic carbocycles. The van der Waals surface area contributed by atoms with E-state index in [0.717, 1.165) is 33.9 Å². The number of amides is 1. The third-order valence-corrected chi connectivity index (χ3v) is 5.00. The summed E-state index contributed by atoms with van der Waals surface area (Å²) in [5, 5.41) is 13.1. The molecule has 10 nitrogen and oxygen atoms in total. The molecule has 1 amide bonds. The van der Waals surface area contributed by atoms with Crippen LogP contribution in [0.4, 0.5) is 11.6 Å². The number of benzene rings is 1. The summed E-state index contributed by atoms with van der Waals surface area (Å²) in [6, 6.07) is 13.0. The lowest BCUT2D eigenvalue weighted by molar-refractivity contribution is -0.402. The predicted molar refractivity (Wildman–Crippen MR) is 110 cm³/mol. The number of rotatable bonds is 8. The van der Waals surface area contributed by atoms with Gasteiger partial charge < -0.3 is 19.2 Å². The van der Waals surface area contributed by atoms with Crippen molar-refractivity contribution in [2.45, 2.75) is 6.92 Å². The molecular weight excluding hydrogens is 428 g/mol. The molecule has 0 unspecified atom stereocenters. The van der Waals surface area contributed by atoms with E-state index in [-0.39, 0.29) is 17.2 Å². The Balaban J connectivity index is 1.70. The summed E-state index contributed by atoms with van der Waals surface area (Å²) in [6.45, 7) is 1.14. The zero-order valence-electron chi connectivity index (χ0n) is 16.2. The van der Waals surface area contributed by atoms with Gasteiger partial charge >= 0.3 is 17.8 Å². The molecule has 3 rings (SSSR count). The summed E-state index contributed by atoms with van der Waals surface area (Å²) in [5.41, 5.74) is 1.07. The Bertz CT molecular complexity index is 1120. The topological polar surface area (TPSA) is 138 Å². The molecule has 0 fully saturated rings. The number of carbonyl (C=O) groups is 3. The zero-order chi connectivity index (χ0) is 22.4. The van der Waals surface area contributed by atoms with Gasteiger partial charge in [0.05, 0.1) is 18.4 Å². The first kappa shape index (κ1) is 21.7. The Hall–Kier alpha value is -3.99. The van der Waals surface area contributed by atoms with E-state index in [2.05, 4.69) is 5.32 Å². The monoisotopic (exact) mass is 444 g/mol. The van der Waals surface area contributed by atoms with Crippen LogP contribution in [0.1, 0.15) is 27.2 Å². The molecule has 0 aliphatic heterocycles. The van der Waals surface area contributed by atoms with Crippen LogP contribution >= 0.6 is 11.3 Å². The van der Waals surface area contributed by atoms with Crippen LogP contribution in [0.2, 0.25) is 0 Å². The maximum atomic E-state index is 12.3. The van der Waals surface area contributed by atoms with Gasteiger partial charge in [0.25, 0.3) is 5.91 Å². The molecule has 0 atom stereocenters. The first-order chi connectivity index (χ1) is 14.9. The molecule has 0 saturated carbocycles. The Morgan fingerprint density at radius 3 is 2.48 bits per heavy atom. The Morgan fingerprint density at radius 1 is 1.10 bits per heavy atom. The van der Waals surface area contributed by atoms with E-state index in [1.165, 1.54) is 0 Å². The molecule has 11 heteroatoms. The number of ether oxygens (including phenoxy) is 2. The number of furan rings is 1. The van der Waals surface area contributed by atoms with Crippen molar-refractivity contribution >= 4 is 40.8 Å². The fourth-order valence-corrected chi connectivity index (χ4v) is 3.51. The quantitative estimate of drug-likeness (QED) is 0.314. The van der Waals surface area contributed by atoms with Gasteiger partial charge in [-0.05, 0) is 24.6 Å². The van der Waals surface area contributed by atoms with Crippen molar-refractivity contribution in [3.63, 3.8) is 0 Å². The first-order valence-corrected chi connectivity index (χ1v) is 9.78. The van der Waals surface area contributed by atoms with Crippen LogP contribution in [-0.4, -0.2) is 36.0 Å². The minimum absolute atomic E-state index is 0.164. The third kappa shape index (κ3) is 5.34. The number of hydrogen-bond acceptors (Lipinski definition) is 9. The van der Waals surface area contributed by atoms with E-state index < -0.39 is 41.0 Å². The lowest BCUT2D eigenvalue weighted by Crippen LogP contribution is -2.21. The first-order valence-electron chi connectivity index (χ1n) is 8.96. The van der Waals surface area contributed by atoms with Crippen molar-refractivity contribution in [3.8, 4) is 10.4 Å². The average Bonchev–Trinajstić information content (AvgIpc) is 3.41. The van der Waals surface area contributed by atoms with Crippen LogP contribution in [0.5, 0.6) is 0 Å². The largest absolute Gasteiger partial charge is 0.462 e. The minimum atomic E-state index is -1.04. The summed E-state index contributed by atoms with van der Waals surface area (Å²) >= 11 is 1.15. The molecule has 160 valence electrons. The molecule has 0 spiro atoms. The van der Waals surface area contributed by atoms with Crippen LogP contribution in [0.3, 0.4) is 0 Å². The standard InChI is InChI=1S/C20H16N2O8S/c1-2-28-20(25)18-13(10-15(31-18)12-6-4-3-5-7-12)21-16(23)11-29-19(24)14-8-9-17(30-14)22(26)27/h3-10H,2,11H2,1H3,(H,21,23). The van der Waals surface area contributed by atoms with Crippen molar-refractivity contribution in [2.24, 2.45) is 0 Å². The molecule has 2 aromatic heterocycles. The predicted octanol–water partition coefficient (Wildman–Crippen LogP) is 3.89. The Kier molecular flexibility index (Phi) is 6.78. The number of thiophene rings is 1. The second-order valence-corrected chi connectivity index (χ2v) is 7.01. The number of nitrogens with one attached hydrogen (secondary N) is 1. The third-order valence-electron chi connectivity index (χ3n) is 3.83. The maximum Gasteiger partial charge on any atom is 0.433 e. The zero-order valence-corrected chi connectivity index (χ0v) is 17.0. The summed E-state index contributed by atoms with van der Waals surface area (Å²) in [6.07, 6.45) is 0. The van der Waals surface area contributed by atoms with E-state index in [1.807, 2.05) is 30.3 Å². The Labute approximate surface area is 179 Å². The Morgan fingerprint density at radius 2 is 1.84 bits per heavy atom. The van der Waals surface area contributed by atoms with Gasteiger partial charge in [0.1, 0.15) is 9.80 Å². The van der Waals surface area contributed by atoms with Gasteiger partial charge in [-0.15, -0.1) is 11.3 Å². The summed E-state index contributed by atoms with van der Waals surface area (Å²) in [5.74, 6) is -3.37. The lowest BCUT2D eigenvalue weighted by atomic mass is 10.2. The highest BCUT2D eigenvalue weighted by Crippen LogP contribution is 2.35. The van der Waals surface area contributed by atoms with E-state index >= 15 is 0 Å². The van der Waals surface area contributed by atoms with Crippen LogP contribution in [0.25, 0.3) is 10.4 Å². The van der Waals surface area contributed by atoms with Crippen molar-refractivity contribution in [2.75, 3.05) is 18.5 Å². The number of anilines is 1. The number of carbonyl (C=O) groups excluding carboxylic acids is 3. The highest BCUT2D eigenvalue weighted by Gasteiger charge is 2.22. The van der Waals surface area contributed by atoms with Gasteiger partial charge in [-0.1, -0.05) is 30.3 Å². The SMILES string of the molecule is CCOC(=O)c1sc(-c2ccccc2)cc1NC(=O)COC(=O)c1ccc([N+](=O)[O-])o1. The highest BCUT2D eigenvalue weighted by atomic mass is 32.1. The van der Waals surface area contributed by atoms with Crippen LogP contribution in [0, 0.1) is 10.1 Å². The van der Waals surface area contributed by atoms with E-state index in [1.54, 1.807) is 13.0 Å². The molecule has 0 radical (unpaired) electrons. The van der Waals surface area contributed by atoms with Crippen LogP contribution in [-0.2, 0) is 14.3 Å². The fourth-order valence-electron chi connectivity index (χ4n) is 2.50. The lowest BCUT2D eigenvalue weighted by Gasteiger charge is -2.06. The normalized spacial score (nSPS) is 10.4. The van der Waals surface area contributed by atoms with Crippen LogP contribution in [0.15, 0.2) is 52.9 Å². The van der Waals surface area contributed by atoms with E-state index in [0.29, 0.717) is 0 Å². The minimum Gasteiger partial charge on any atom is -0.462 e. The van der Waals surface area contributed by atoms with E-state index in [4.69, 9.17) is 13.9 Å². The second kappa shape index (κ2) is 9.67. The molecule has 0 bridgehead atoms. The van der Waals surface area contributed by atoms with Crippen molar-refractivity contribution in [1.29, 1.82) is 0 Å². The van der Waals surface area contributed by atoms with E-state index in [9.17, 15) is 24.5 Å². The van der Waals surface area contributed by atoms with Crippen molar-refractivity contribution in [3.05, 3.63) is 69.3 Å². The molecule has 0 saturated heterocycles. The summed E-state index contributed by atoms with van der Waals surface area (Å²) in [7, 11) is 0. The van der Waals surface area contributed by atoms with Gasteiger partial charge in [0.2, 0.25) is 5.76 Å². The van der Waals surface area contributed by atoms with Crippen LogP contribution < -0.4 is 5.32 Å². The highest BCUT2D eigenvalue weighted by molar-refractivity contribution is 7.18. The second-order valence-electron chi connectivity index (χ2n) is 5.96. The number of nitro groups is 1. The number of nitrogens with zero attached hydrogens (tertiary/aromatic N) is 1. The molecule has 3 aromatic rings. The molecule has 31 heavy (non-hydrogen) atoms. The average molecular weight is 444 g/mol. The smallest absolute Gasteiger partial charge is 0.433 e. The molecular formula is C20H16N2O8S. The van der Waals surface area contributed by atoms with Gasteiger partial charge in [0.15, 0.2) is 6.61 Å². The summed E-state index contributed by atoms with van der Waals surface area (Å²) in [4.78, 5) is 47.2. The van der Waals surface area contributed by atoms with Gasteiger partial charge in [-0.25, -0.2) is 9.59 Å².